The number of benzene rings is 1. The van der Waals surface area contributed by atoms with E-state index in [0.29, 0.717) is 0 Å². The molecule has 1 saturated heterocycles. The quantitative estimate of drug-likeness (QED) is 0.907. The van der Waals surface area contributed by atoms with Crippen LogP contribution in [0.5, 0.6) is 0 Å². The molecule has 1 N–H and O–H groups in total. The Balaban J connectivity index is 2.34. The van der Waals surface area contributed by atoms with Crippen molar-refractivity contribution in [3.63, 3.8) is 0 Å². The highest BCUT2D eigenvalue weighted by Crippen LogP contribution is 2.25. The molecule has 2 rings (SSSR count). The van der Waals surface area contributed by atoms with Gasteiger partial charge in [0.15, 0.2) is 0 Å². The summed E-state index contributed by atoms with van der Waals surface area (Å²) >= 11 is 3.43. The number of halogens is 1. The second kappa shape index (κ2) is 5.33. The SMILES string of the molecule is Cc1cc(N2CC(=O)NC(C(C)C)C2=O)ccc1Br. The Labute approximate surface area is 121 Å². The van der Waals surface area contributed by atoms with Crippen LogP contribution >= 0.6 is 15.9 Å². The summed E-state index contributed by atoms with van der Waals surface area (Å²) in [5.74, 6) is -0.0778. The van der Waals surface area contributed by atoms with E-state index in [0.717, 1.165) is 15.7 Å². The number of aryl methyl sites for hydroxylation is 1. The molecule has 0 radical (unpaired) electrons. The van der Waals surface area contributed by atoms with Gasteiger partial charge >= 0.3 is 0 Å². The maximum absolute atomic E-state index is 12.4. The second-order valence-electron chi connectivity index (χ2n) is 5.15. The predicted molar refractivity (Wildman–Crippen MR) is 78.0 cm³/mol. The molecule has 0 saturated carbocycles. The van der Waals surface area contributed by atoms with Crippen molar-refractivity contribution in [1.82, 2.24) is 5.32 Å². The Morgan fingerprint density at radius 3 is 2.63 bits per heavy atom. The average Bonchev–Trinajstić information content (AvgIpc) is 2.35. The minimum atomic E-state index is -0.440. The van der Waals surface area contributed by atoms with Crippen LogP contribution < -0.4 is 10.2 Å². The Morgan fingerprint density at radius 1 is 1.37 bits per heavy atom. The van der Waals surface area contributed by atoms with Gasteiger partial charge in [-0.3, -0.25) is 9.59 Å². The van der Waals surface area contributed by atoms with Crippen molar-refractivity contribution in [3.05, 3.63) is 28.2 Å². The van der Waals surface area contributed by atoms with E-state index in [1.54, 1.807) is 4.90 Å². The van der Waals surface area contributed by atoms with Crippen LogP contribution in [0.4, 0.5) is 5.69 Å². The smallest absolute Gasteiger partial charge is 0.250 e. The fourth-order valence-electron chi connectivity index (χ4n) is 2.14. The maximum atomic E-state index is 12.4. The van der Waals surface area contributed by atoms with Crippen LogP contribution in [0, 0.1) is 12.8 Å². The first-order valence-electron chi connectivity index (χ1n) is 6.27. The number of hydrogen-bond acceptors (Lipinski definition) is 2. The van der Waals surface area contributed by atoms with Crippen LogP contribution in [0.3, 0.4) is 0 Å². The van der Waals surface area contributed by atoms with E-state index in [-0.39, 0.29) is 24.3 Å². The van der Waals surface area contributed by atoms with Crippen LogP contribution in [0.25, 0.3) is 0 Å². The predicted octanol–water partition coefficient (Wildman–Crippen LogP) is 2.24. The fraction of sp³-hybridized carbons (Fsp3) is 0.429. The van der Waals surface area contributed by atoms with Gasteiger partial charge in [-0.05, 0) is 36.6 Å². The lowest BCUT2D eigenvalue weighted by Gasteiger charge is -2.34. The van der Waals surface area contributed by atoms with Crippen molar-refractivity contribution >= 4 is 33.4 Å². The summed E-state index contributed by atoms with van der Waals surface area (Å²) in [4.78, 5) is 25.7. The van der Waals surface area contributed by atoms with E-state index in [1.165, 1.54) is 0 Å². The van der Waals surface area contributed by atoms with Gasteiger partial charge in [0, 0.05) is 10.2 Å². The molecule has 0 bridgehead atoms. The highest BCUT2D eigenvalue weighted by atomic mass is 79.9. The molecule has 102 valence electrons. The van der Waals surface area contributed by atoms with Gasteiger partial charge < -0.3 is 10.2 Å². The van der Waals surface area contributed by atoms with Gasteiger partial charge in [-0.15, -0.1) is 0 Å². The lowest BCUT2D eigenvalue weighted by atomic mass is 10.00. The molecule has 0 aliphatic carbocycles. The Morgan fingerprint density at radius 2 is 2.05 bits per heavy atom. The molecule has 1 aromatic carbocycles. The highest BCUT2D eigenvalue weighted by Gasteiger charge is 2.35. The molecule has 0 spiro atoms. The van der Waals surface area contributed by atoms with E-state index >= 15 is 0 Å². The monoisotopic (exact) mass is 324 g/mol. The molecule has 19 heavy (non-hydrogen) atoms. The zero-order valence-corrected chi connectivity index (χ0v) is 12.8. The van der Waals surface area contributed by atoms with Crippen molar-refractivity contribution in [2.45, 2.75) is 26.8 Å². The highest BCUT2D eigenvalue weighted by molar-refractivity contribution is 9.10. The number of carbonyl (C=O) groups is 2. The number of anilines is 1. The molecule has 1 aliphatic heterocycles. The first-order valence-corrected chi connectivity index (χ1v) is 7.06. The van der Waals surface area contributed by atoms with Gasteiger partial charge in [0.2, 0.25) is 11.8 Å². The third kappa shape index (κ3) is 2.81. The Hall–Kier alpha value is -1.36. The standard InChI is InChI=1S/C14H17BrN2O2/c1-8(2)13-14(19)17(7-12(18)16-13)10-4-5-11(15)9(3)6-10/h4-6,8,13H,7H2,1-3H3,(H,16,18). The molecule has 1 heterocycles. The van der Waals surface area contributed by atoms with Crippen molar-refractivity contribution < 1.29 is 9.59 Å². The first-order chi connectivity index (χ1) is 8.90. The zero-order chi connectivity index (χ0) is 14.2. The molecule has 0 aromatic heterocycles. The zero-order valence-electron chi connectivity index (χ0n) is 11.2. The summed E-state index contributed by atoms with van der Waals surface area (Å²) in [7, 11) is 0. The average molecular weight is 325 g/mol. The van der Waals surface area contributed by atoms with Crippen molar-refractivity contribution in [2.75, 3.05) is 11.4 Å². The van der Waals surface area contributed by atoms with E-state index in [9.17, 15) is 9.59 Å². The molecule has 1 unspecified atom stereocenters. The molecular formula is C14H17BrN2O2. The van der Waals surface area contributed by atoms with Gasteiger partial charge in [0.25, 0.3) is 0 Å². The summed E-state index contributed by atoms with van der Waals surface area (Å²) in [6.07, 6.45) is 0. The molecule has 2 amide bonds. The number of hydrogen-bond donors (Lipinski definition) is 1. The summed E-state index contributed by atoms with van der Waals surface area (Å²) < 4.78 is 0.991. The number of carbonyl (C=O) groups excluding carboxylic acids is 2. The minimum Gasteiger partial charge on any atom is -0.342 e. The van der Waals surface area contributed by atoms with Crippen LogP contribution in [0.2, 0.25) is 0 Å². The number of rotatable bonds is 2. The topological polar surface area (TPSA) is 49.4 Å². The van der Waals surface area contributed by atoms with Gasteiger partial charge in [0.1, 0.15) is 12.6 Å². The van der Waals surface area contributed by atoms with Gasteiger partial charge in [-0.2, -0.15) is 0 Å². The molecule has 1 atom stereocenters. The molecule has 1 aromatic rings. The summed E-state index contributed by atoms with van der Waals surface area (Å²) in [6.45, 7) is 5.91. The Bertz CT molecular complexity index is 528. The van der Waals surface area contributed by atoms with Crippen molar-refractivity contribution in [2.24, 2.45) is 5.92 Å². The van der Waals surface area contributed by atoms with E-state index in [4.69, 9.17) is 0 Å². The fourth-order valence-corrected chi connectivity index (χ4v) is 2.38. The van der Waals surface area contributed by atoms with Crippen LogP contribution in [0.15, 0.2) is 22.7 Å². The Kier molecular flexibility index (Phi) is 3.94. The number of amides is 2. The number of nitrogens with one attached hydrogen (secondary N) is 1. The lowest BCUT2D eigenvalue weighted by molar-refractivity contribution is -0.132. The van der Waals surface area contributed by atoms with E-state index in [1.807, 2.05) is 39.0 Å². The van der Waals surface area contributed by atoms with E-state index < -0.39 is 6.04 Å². The van der Waals surface area contributed by atoms with Gasteiger partial charge in [-0.25, -0.2) is 0 Å². The summed E-state index contributed by atoms with van der Waals surface area (Å²) in [6, 6.07) is 5.22. The largest absolute Gasteiger partial charge is 0.342 e. The molecular weight excluding hydrogens is 308 g/mol. The third-order valence-electron chi connectivity index (χ3n) is 3.27. The molecule has 5 heteroatoms. The second-order valence-corrected chi connectivity index (χ2v) is 6.00. The molecule has 1 fully saturated rings. The van der Waals surface area contributed by atoms with Crippen LogP contribution in [-0.2, 0) is 9.59 Å². The van der Waals surface area contributed by atoms with Gasteiger partial charge in [-0.1, -0.05) is 29.8 Å². The first kappa shape index (κ1) is 14.1. The van der Waals surface area contributed by atoms with Crippen molar-refractivity contribution in [1.29, 1.82) is 0 Å². The molecule has 4 nitrogen and oxygen atoms in total. The minimum absolute atomic E-state index is 0.0451. The summed E-state index contributed by atoms with van der Waals surface area (Å²) in [5.41, 5.74) is 1.81. The van der Waals surface area contributed by atoms with Crippen LogP contribution in [0.1, 0.15) is 19.4 Å². The number of nitrogens with zero attached hydrogens (tertiary/aromatic N) is 1. The normalized spacial score (nSPS) is 19.8. The van der Waals surface area contributed by atoms with E-state index in [2.05, 4.69) is 21.2 Å². The summed E-state index contributed by atoms with van der Waals surface area (Å²) in [5, 5.41) is 2.75. The molecule has 1 aliphatic rings. The number of piperazine rings is 1. The maximum Gasteiger partial charge on any atom is 0.250 e. The van der Waals surface area contributed by atoms with Gasteiger partial charge in [0.05, 0.1) is 0 Å². The van der Waals surface area contributed by atoms with Crippen LogP contribution in [-0.4, -0.2) is 24.4 Å². The third-order valence-corrected chi connectivity index (χ3v) is 4.16. The lowest BCUT2D eigenvalue weighted by Crippen LogP contribution is -2.60. The van der Waals surface area contributed by atoms with Crippen molar-refractivity contribution in [3.8, 4) is 0 Å².